The molecule has 2 saturated heterocycles. The van der Waals surface area contributed by atoms with Gasteiger partial charge in [0.25, 0.3) is 0 Å². The second kappa shape index (κ2) is 9.04. The van der Waals surface area contributed by atoms with Crippen molar-refractivity contribution in [2.24, 2.45) is 5.92 Å². The molecule has 1 atom stereocenters. The molecule has 118 valence electrons. The predicted molar refractivity (Wildman–Crippen MR) is 88.2 cm³/mol. The molecular formula is C18H36N2. The highest BCUT2D eigenvalue weighted by atomic mass is 15.2. The van der Waals surface area contributed by atoms with E-state index in [4.69, 9.17) is 0 Å². The first kappa shape index (κ1) is 16.3. The van der Waals surface area contributed by atoms with Crippen molar-refractivity contribution in [3.63, 3.8) is 0 Å². The fourth-order valence-corrected chi connectivity index (χ4v) is 3.98. The highest BCUT2D eigenvalue weighted by Gasteiger charge is 2.32. The lowest BCUT2D eigenvalue weighted by molar-refractivity contribution is 0.0286. The Morgan fingerprint density at radius 3 is 2.30 bits per heavy atom. The maximum absolute atomic E-state index is 2.76. The Morgan fingerprint density at radius 1 is 0.950 bits per heavy atom. The number of likely N-dealkylation sites (tertiary alicyclic amines) is 2. The van der Waals surface area contributed by atoms with Gasteiger partial charge >= 0.3 is 0 Å². The van der Waals surface area contributed by atoms with Crippen molar-refractivity contribution in [1.29, 1.82) is 0 Å². The van der Waals surface area contributed by atoms with E-state index in [1.165, 1.54) is 90.5 Å². The van der Waals surface area contributed by atoms with E-state index in [9.17, 15) is 0 Å². The zero-order chi connectivity index (χ0) is 14.2. The van der Waals surface area contributed by atoms with Crippen LogP contribution in [0, 0.1) is 5.92 Å². The number of nitrogens with zero attached hydrogens (tertiary/aromatic N) is 2. The topological polar surface area (TPSA) is 6.48 Å². The molecule has 2 heteroatoms. The van der Waals surface area contributed by atoms with E-state index in [0.717, 1.165) is 12.0 Å². The summed E-state index contributed by atoms with van der Waals surface area (Å²) in [6, 6.07) is 0.881. The van der Waals surface area contributed by atoms with Crippen LogP contribution in [-0.4, -0.2) is 48.6 Å². The third-order valence-corrected chi connectivity index (χ3v) is 5.33. The molecule has 0 spiro atoms. The monoisotopic (exact) mass is 280 g/mol. The Balaban J connectivity index is 1.54. The largest absolute Gasteiger partial charge is 0.303 e. The highest BCUT2D eigenvalue weighted by molar-refractivity contribution is 4.87. The average molecular weight is 280 g/mol. The molecule has 2 heterocycles. The molecule has 2 aliphatic heterocycles. The minimum absolute atomic E-state index is 0.881. The van der Waals surface area contributed by atoms with E-state index in [0.29, 0.717) is 0 Å². The molecule has 1 unspecified atom stereocenters. The van der Waals surface area contributed by atoms with Crippen molar-refractivity contribution in [2.75, 3.05) is 32.7 Å². The SMILES string of the molecule is CCCCCCCC(CC)N1CC(CN2CCCC2)C1. The van der Waals surface area contributed by atoms with Crippen LogP contribution >= 0.6 is 0 Å². The van der Waals surface area contributed by atoms with Gasteiger partial charge in [0, 0.05) is 25.7 Å². The minimum Gasteiger partial charge on any atom is -0.303 e. The number of unbranched alkanes of at least 4 members (excludes halogenated alkanes) is 4. The van der Waals surface area contributed by atoms with Crippen LogP contribution in [-0.2, 0) is 0 Å². The van der Waals surface area contributed by atoms with Crippen LogP contribution in [0.2, 0.25) is 0 Å². The van der Waals surface area contributed by atoms with Gasteiger partial charge < -0.3 is 4.90 Å². The third-order valence-electron chi connectivity index (χ3n) is 5.33. The molecule has 20 heavy (non-hydrogen) atoms. The van der Waals surface area contributed by atoms with E-state index >= 15 is 0 Å². The Kier molecular flexibility index (Phi) is 7.37. The molecule has 0 aromatic heterocycles. The van der Waals surface area contributed by atoms with E-state index in [-0.39, 0.29) is 0 Å². The number of hydrogen-bond donors (Lipinski definition) is 0. The lowest BCUT2D eigenvalue weighted by atomic mass is 9.93. The van der Waals surface area contributed by atoms with Gasteiger partial charge in [-0.05, 0) is 44.7 Å². The van der Waals surface area contributed by atoms with Gasteiger partial charge in [-0.1, -0.05) is 46.0 Å². The molecule has 0 radical (unpaired) electrons. The average Bonchev–Trinajstić information content (AvgIpc) is 2.92. The first-order valence-electron chi connectivity index (χ1n) is 9.29. The van der Waals surface area contributed by atoms with Crippen molar-refractivity contribution in [3.05, 3.63) is 0 Å². The Hall–Kier alpha value is -0.0800. The molecule has 2 aliphatic rings. The van der Waals surface area contributed by atoms with Gasteiger partial charge in [-0.15, -0.1) is 0 Å². The molecule has 0 bridgehead atoms. The lowest BCUT2D eigenvalue weighted by Gasteiger charge is -2.45. The number of rotatable bonds is 10. The smallest absolute Gasteiger partial charge is 0.00929 e. The first-order chi connectivity index (χ1) is 9.83. The van der Waals surface area contributed by atoms with E-state index in [1.54, 1.807) is 0 Å². The van der Waals surface area contributed by atoms with Crippen LogP contribution in [0.3, 0.4) is 0 Å². The molecule has 0 amide bonds. The van der Waals surface area contributed by atoms with Crippen molar-refractivity contribution in [3.8, 4) is 0 Å². The van der Waals surface area contributed by atoms with E-state index in [1.807, 2.05) is 0 Å². The van der Waals surface area contributed by atoms with Crippen LogP contribution in [0.5, 0.6) is 0 Å². The molecule has 0 aliphatic carbocycles. The summed E-state index contributed by atoms with van der Waals surface area (Å²) in [5.74, 6) is 0.974. The van der Waals surface area contributed by atoms with Crippen molar-refractivity contribution in [2.45, 2.75) is 77.7 Å². The minimum atomic E-state index is 0.881. The maximum Gasteiger partial charge on any atom is 0.00929 e. The molecule has 0 N–H and O–H groups in total. The van der Waals surface area contributed by atoms with Crippen molar-refractivity contribution < 1.29 is 0 Å². The van der Waals surface area contributed by atoms with E-state index in [2.05, 4.69) is 23.6 Å². The molecule has 2 rings (SSSR count). The Morgan fingerprint density at radius 2 is 1.65 bits per heavy atom. The summed E-state index contributed by atoms with van der Waals surface area (Å²) < 4.78 is 0. The fourth-order valence-electron chi connectivity index (χ4n) is 3.98. The summed E-state index contributed by atoms with van der Waals surface area (Å²) in [7, 11) is 0. The summed E-state index contributed by atoms with van der Waals surface area (Å²) in [4.78, 5) is 5.45. The standard InChI is InChI=1S/C18H36N2/c1-3-5-6-7-8-11-18(4-2)20-15-17(16-20)14-19-12-9-10-13-19/h17-18H,3-16H2,1-2H3. The summed E-state index contributed by atoms with van der Waals surface area (Å²) in [5.41, 5.74) is 0. The fraction of sp³-hybridized carbons (Fsp3) is 1.00. The predicted octanol–water partition coefficient (Wildman–Crippen LogP) is 4.15. The van der Waals surface area contributed by atoms with Gasteiger partial charge in [-0.25, -0.2) is 0 Å². The van der Waals surface area contributed by atoms with Gasteiger partial charge in [0.2, 0.25) is 0 Å². The number of hydrogen-bond acceptors (Lipinski definition) is 2. The summed E-state index contributed by atoms with van der Waals surface area (Å²) >= 11 is 0. The van der Waals surface area contributed by atoms with Gasteiger partial charge in [-0.3, -0.25) is 4.90 Å². The molecular weight excluding hydrogens is 244 g/mol. The summed E-state index contributed by atoms with van der Waals surface area (Å²) in [6.07, 6.45) is 12.8. The van der Waals surface area contributed by atoms with Crippen LogP contribution in [0.1, 0.15) is 71.6 Å². The van der Waals surface area contributed by atoms with Gasteiger partial charge in [0.15, 0.2) is 0 Å². The maximum atomic E-state index is 2.76. The zero-order valence-corrected chi connectivity index (χ0v) is 13.9. The normalized spacial score (nSPS) is 23.1. The third kappa shape index (κ3) is 5.04. The van der Waals surface area contributed by atoms with Gasteiger partial charge in [0.05, 0.1) is 0 Å². The second-order valence-corrected chi connectivity index (χ2v) is 7.09. The van der Waals surface area contributed by atoms with Crippen LogP contribution in [0.15, 0.2) is 0 Å². The van der Waals surface area contributed by atoms with Crippen molar-refractivity contribution >= 4 is 0 Å². The zero-order valence-electron chi connectivity index (χ0n) is 13.9. The molecule has 2 fully saturated rings. The van der Waals surface area contributed by atoms with E-state index < -0.39 is 0 Å². The van der Waals surface area contributed by atoms with Gasteiger partial charge in [-0.2, -0.15) is 0 Å². The van der Waals surface area contributed by atoms with Crippen LogP contribution in [0.25, 0.3) is 0 Å². The molecule has 2 nitrogen and oxygen atoms in total. The van der Waals surface area contributed by atoms with Crippen LogP contribution in [0.4, 0.5) is 0 Å². The first-order valence-corrected chi connectivity index (χ1v) is 9.29. The second-order valence-electron chi connectivity index (χ2n) is 7.09. The summed E-state index contributed by atoms with van der Waals surface area (Å²) in [6.45, 7) is 11.5. The Bertz CT molecular complexity index is 242. The highest BCUT2D eigenvalue weighted by Crippen LogP contribution is 2.25. The Labute approximate surface area is 126 Å². The van der Waals surface area contributed by atoms with Crippen LogP contribution < -0.4 is 0 Å². The molecule has 0 saturated carbocycles. The lowest BCUT2D eigenvalue weighted by Crippen LogP contribution is -2.55. The van der Waals surface area contributed by atoms with Crippen molar-refractivity contribution in [1.82, 2.24) is 9.80 Å². The quantitative estimate of drug-likeness (QED) is 0.555. The van der Waals surface area contributed by atoms with Gasteiger partial charge in [0.1, 0.15) is 0 Å². The summed E-state index contributed by atoms with van der Waals surface area (Å²) in [5, 5.41) is 0. The molecule has 0 aromatic carbocycles. The molecule has 0 aromatic rings.